The lowest BCUT2D eigenvalue weighted by Gasteiger charge is -2.12. The lowest BCUT2D eigenvalue weighted by Crippen LogP contribution is -2.20. The van der Waals surface area contributed by atoms with Gasteiger partial charge in [-0.2, -0.15) is 0 Å². The minimum Gasteiger partial charge on any atom is -0.492 e. The maximum atomic E-state index is 13.3. The Morgan fingerprint density at radius 3 is 2.40 bits per heavy atom. The van der Waals surface area contributed by atoms with Crippen molar-refractivity contribution >= 4 is 17.4 Å². The molecule has 0 aliphatic carbocycles. The van der Waals surface area contributed by atoms with Gasteiger partial charge in [-0.3, -0.25) is 9.59 Å². The fourth-order valence-electron chi connectivity index (χ4n) is 2.15. The van der Waals surface area contributed by atoms with Crippen LogP contribution >= 0.6 is 0 Å². The molecule has 1 N–H and O–H groups in total. The van der Waals surface area contributed by atoms with Crippen molar-refractivity contribution in [3.8, 4) is 11.5 Å². The standard InChI is InChI=1S/C19H20FNO4/c1-3-17(22)13-5-8-15(9-6-13)25-12-19(23)21-16-10-7-14(20)11-18(16)24-4-2/h5-11H,3-4,12H2,1-2H3,(H,21,23). The molecule has 0 atom stereocenters. The Labute approximate surface area is 145 Å². The van der Waals surface area contributed by atoms with E-state index >= 15 is 0 Å². The Morgan fingerprint density at radius 2 is 1.76 bits per heavy atom. The van der Waals surface area contributed by atoms with Gasteiger partial charge in [-0.25, -0.2) is 4.39 Å². The lowest BCUT2D eigenvalue weighted by molar-refractivity contribution is -0.118. The summed E-state index contributed by atoms with van der Waals surface area (Å²) < 4.78 is 23.9. The quantitative estimate of drug-likeness (QED) is 0.739. The molecule has 0 aliphatic heterocycles. The first-order valence-corrected chi connectivity index (χ1v) is 8.01. The number of anilines is 1. The molecule has 0 radical (unpaired) electrons. The van der Waals surface area contributed by atoms with Gasteiger partial charge in [0.25, 0.3) is 5.91 Å². The highest BCUT2D eigenvalue weighted by molar-refractivity contribution is 5.96. The highest BCUT2D eigenvalue weighted by atomic mass is 19.1. The third kappa shape index (κ3) is 5.31. The minimum atomic E-state index is -0.445. The van der Waals surface area contributed by atoms with Gasteiger partial charge in [-0.1, -0.05) is 6.92 Å². The van der Waals surface area contributed by atoms with Crippen molar-refractivity contribution in [2.45, 2.75) is 20.3 Å². The van der Waals surface area contributed by atoms with E-state index in [2.05, 4.69) is 5.32 Å². The zero-order valence-electron chi connectivity index (χ0n) is 14.2. The van der Waals surface area contributed by atoms with Gasteiger partial charge < -0.3 is 14.8 Å². The maximum absolute atomic E-state index is 13.3. The SMILES string of the molecule is CCOc1cc(F)ccc1NC(=O)COc1ccc(C(=O)CC)cc1. The van der Waals surface area contributed by atoms with E-state index < -0.39 is 11.7 Å². The van der Waals surface area contributed by atoms with Crippen molar-refractivity contribution in [1.82, 2.24) is 0 Å². The molecular weight excluding hydrogens is 325 g/mol. The van der Waals surface area contributed by atoms with Gasteiger partial charge in [0.15, 0.2) is 12.4 Å². The van der Waals surface area contributed by atoms with Gasteiger partial charge in [0, 0.05) is 18.1 Å². The number of benzene rings is 2. The molecule has 5 nitrogen and oxygen atoms in total. The topological polar surface area (TPSA) is 64.6 Å². The summed E-state index contributed by atoms with van der Waals surface area (Å²) in [6, 6.07) is 10.5. The van der Waals surface area contributed by atoms with Crippen LogP contribution < -0.4 is 14.8 Å². The van der Waals surface area contributed by atoms with E-state index in [1.807, 2.05) is 0 Å². The fourth-order valence-corrected chi connectivity index (χ4v) is 2.15. The third-order valence-corrected chi connectivity index (χ3v) is 3.38. The van der Waals surface area contributed by atoms with Crippen LogP contribution in [0, 0.1) is 5.82 Å². The van der Waals surface area contributed by atoms with Gasteiger partial charge in [0.05, 0.1) is 12.3 Å². The molecule has 0 saturated carbocycles. The number of Topliss-reactive ketones (excluding diaryl/α,β-unsaturated/α-hetero) is 1. The van der Waals surface area contributed by atoms with Crippen LogP contribution in [-0.4, -0.2) is 24.9 Å². The largest absolute Gasteiger partial charge is 0.492 e. The van der Waals surface area contributed by atoms with Crippen molar-refractivity contribution < 1.29 is 23.5 Å². The van der Waals surface area contributed by atoms with Crippen molar-refractivity contribution in [2.75, 3.05) is 18.5 Å². The van der Waals surface area contributed by atoms with Crippen LogP contribution in [0.15, 0.2) is 42.5 Å². The number of amides is 1. The zero-order valence-corrected chi connectivity index (χ0v) is 14.2. The number of hydrogen-bond acceptors (Lipinski definition) is 4. The molecule has 25 heavy (non-hydrogen) atoms. The Morgan fingerprint density at radius 1 is 1.04 bits per heavy atom. The number of nitrogens with one attached hydrogen (secondary N) is 1. The van der Waals surface area contributed by atoms with Crippen LogP contribution in [0.3, 0.4) is 0 Å². The molecular formula is C19H20FNO4. The van der Waals surface area contributed by atoms with E-state index in [-0.39, 0.29) is 18.1 Å². The summed E-state index contributed by atoms with van der Waals surface area (Å²) in [4.78, 5) is 23.6. The van der Waals surface area contributed by atoms with Gasteiger partial charge >= 0.3 is 0 Å². The fraction of sp³-hybridized carbons (Fsp3) is 0.263. The third-order valence-electron chi connectivity index (χ3n) is 3.38. The zero-order chi connectivity index (χ0) is 18.2. The summed E-state index contributed by atoms with van der Waals surface area (Å²) in [6.45, 7) is 3.70. The summed E-state index contributed by atoms with van der Waals surface area (Å²) in [5, 5.41) is 2.62. The molecule has 0 aliphatic rings. The predicted molar refractivity (Wildman–Crippen MR) is 92.8 cm³/mol. The average Bonchev–Trinajstić information content (AvgIpc) is 2.62. The average molecular weight is 345 g/mol. The molecule has 6 heteroatoms. The molecule has 0 aromatic heterocycles. The van der Waals surface area contributed by atoms with Gasteiger partial charge in [0.2, 0.25) is 0 Å². The van der Waals surface area contributed by atoms with Gasteiger partial charge in [-0.15, -0.1) is 0 Å². The Balaban J connectivity index is 1.94. The van der Waals surface area contributed by atoms with Crippen LogP contribution in [0.25, 0.3) is 0 Å². The number of hydrogen-bond donors (Lipinski definition) is 1. The van der Waals surface area contributed by atoms with E-state index in [1.165, 1.54) is 18.2 Å². The monoisotopic (exact) mass is 345 g/mol. The Bertz CT molecular complexity index is 744. The lowest BCUT2D eigenvalue weighted by atomic mass is 10.1. The van der Waals surface area contributed by atoms with Crippen molar-refractivity contribution in [2.24, 2.45) is 0 Å². The van der Waals surface area contributed by atoms with Crippen LogP contribution in [0.2, 0.25) is 0 Å². The van der Waals surface area contributed by atoms with Crippen LogP contribution in [0.5, 0.6) is 11.5 Å². The molecule has 2 aromatic rings. The minimum absolute atomic E-state index is 0.0454. The summed E-state index contributed by atoms with van der Waals surface area (Å²) in [5.41, 5.74) is 0.979. The summed E-state index contributed by atoms with van der Waals surface area (Å²) >= 11 is 0. The molecule has 2 aromatic carbocycles. The number of halogens is 1. The normalized spacial score (nSPS) is 10.2. The first-order valence-electron chi connectivity index (χ1n) is 8.01. The predicted octanol–water partition coefficient (Wildman–Crippen LogP) is 3.83. The van der Waals surface area contributed by atoms with Crippen molar-refractivity contribution in [3.63, 3.8) is 0 Å². The Kier molecular flexibility index (Phi) is 6.51. The van der Waals surface area contributed by atoms with E-state index in [0.29, 0.717) is 30.0 Å². The van der Waals surface area contributed by atoms with E-state index in [4.69, 9.17) is 9.47 Å². The smallest absolute Gasteiger partial charge is 0.262 e. The van der Waals surface area contributed by atoms with E-state index in [1.54, 1.807) is 38.1 Å². The van der Waals surface area contributed by atoms with Crippen molar-refractivity contribution in [1.29, 1.82) is 0 Å². The number of ether oxygens (including phenoxy) is 2. The second kappa shape index (κ2) is 8.82. The molecule has 1 amide bonds. The number of carbonyl (C=O) groups is 2. The Hall–Kier alpha value is -2.89. The molecule has 0 fully saturated rings. The highest BCUT2D eigenvalue weighted by Gasteiger charge is 2.10. The van der Waals surface area contributed by atoms with Crippen LogP contribution in [0.1, 0.15) is 30.6 Å². The van der Waals surface area contributed by atoms with E-state index in [9.17, 15) is 14.0 Å². The molecule has 0 heterocycles. The van der Waals surface area contributed by atoms with Crippen LogP contribution in [0.4, 0.5) is 10.1 Å². The summed E-state index contributed by atoms with van der Waals surface area (Å²) in [6.07, 6.45) is 0.433. The number of rotatable bonds is 8. The number of ketones is 1. The summed E-state index contributed by atoms with van der Waals surface area (Å²) in [7, 11) is 0. The van der Waals surface area contributed by atoms with Crippen LogP contribution in [-0.2, 0) is 4.79 Å². The number of carbonyl (C=O) groups excluding carboxylic acids is 2. The maximum Gasteiger partial charge on any atom is 0.262 e. The molecule has 2 rings (SSSR count). The van der Waals surface area contributed by atoms with E-state index in [0.717, 1.165) is 0 Å². The first-order chi connectivity index (χ1) is 12.0. The molecule has 0 saturated heterocycles. The highest BCUT2D eigenvalue weighted by Crippen LogP contribution is 2.25. The van der Waals surface area contributed by atoms with Crippen molar-refractivity contribution in [3.05, 3.63) is 53.8 Å². The second-order valence-electron chi connectivity index (χ2n) is 5.21. The molecule has 132 valence electrons. The molecule has 0 unspecified atom stereocenters. The van der Waals surface area contributed by atoms with Gasteiger partial charge in [-0.05, 0) is 43.3 Å². The first kappa shape index (κ1) is 18.4. The van der Waals surface area contributed by atoms with Gasteiger partial charge in [0.1, 0.15) is 17.3 Å². The second-order valence-corrected chi connectivity index (χ2v) is 5.21. The molecule has 0 spiro atoms. The summed E-state index contributed by atoms with van der Waals surface area (Å²) in [5.74, 6) is -0.0602. The molecule has 0 bridgehead atoms.